The minimum Gasteiger partial charge on any atom is -0.478 e. The summed E-state index contributed by atoms with van der Waals surface area (Å²) >= 11 is 0. The van der Waals surface area contributed by atoms with E-state index in [4.69, 9.17) is 5.11 Å². The van der Waals surface area contributed by atoms with Crippen LogP contribution in [0, 0.1) is 5.92 Å². The van der Waals surface area contributed by atoms with Crippen LogP contribution in [0.5, 0.6) is 0 Å². The number of carboxylic acids is 1. The standard InChI is InChI=1S/C10H17NO4/c1-7(2)5-8(12)6-11-9(13)3-4-10(14)15/h3-4,7-8,12H,5-6H2,1-2H3,(H,11,13)(H,14,15)/b4-3+. The van der Waals surface area contributed by atoms with Crippen LogP contribution in [0.1, 0.15) is 20.3 Å². The highest BCUT2D eigenvalue weighted by atomic mass is 16.4. The molecule has 0 fully saturated rings. The van der Waals surface area contributed by atoms with Crippen LogP contribution >= 0.6 is 0 Å². The number of hydrogen-bond acceptors (Lipinski definition) is 3. The van der Waals surface area contributed by atoms with Crippen molar-refractivity contribution in [3.8, 4) is 0 Å². The van der Waals surface area contributed by atoms with E-state index >= 15 is 0 Å². The number of rotatable bonds is 6. The number of aliphatic carboxylic acids is 1. The van der Waals surface area contributed by atoms with Crippen molar-refractivity contribution in [2.75, 3.05) is 6.54 Å². The maximum Gasteiger partial charge on any atom is 0.328 e. The third kappa shape index (κ3) is 8.96. The van der Waals surface area contributed by atoms with Crippen molar-refractivity contribution in [2.45, 2.75) is 26.4 Å². The van der Waals surface area contributed by atoms with Crippen molar-refractivity contribution in [2.24, 2.45) is 5.92 Å². The fraction of sp³-hybridized carbons (Fsp3) is 0.600. The van der Waals surface area contributed by atoms with Gasteiger partial charge >= 0.3 is 5.97 Å². The summed E-state index contributed by atoms with van der Waals surface area (Å²) in [5.41, 5.74) is 0. The monoisotopic (exact) mass is 215 g/mol. The maximum atomic E-state index is 11.0. The summed E-state index contributed by atoms with van der Waals surface area (Å²) in [6, 6.07) is 0. The van der Waals surface area contributed by atoms with Crippen molar-refractivity contribution in [3.63, 3.8) is 0 Å². The molecule has 3 N–H and O–H groups in total. The van der Waals surface area contributed by atoms with Crippen LogP contribution in [-0.2, 0) is 9.59 Å². The summed E-state index contributed by atoms with van der Waals surface area (Å²) in [6.07, 6.45) is 1.68. The summed E-state index contributed by atoms with van der Waals surface area (Å²) in [5, 5.41) is 20.0. The Morgan fingerprint density at radius 2 is 1.93 bits per heavy atom. The van der Waals surface area contributed by atoms with Crippen LogP contribution in [0.3, 0.4) is 0 Å². The van der Waals surface area contributed by atoms with Gasteiger partial charge in [0.25, 0.3) is 0 Å². The molecule has 0 heterocycles. The third-order valence-electron chi connectivity index (χ3n) is 1.63. The van der Waals surface area contributed by atoms with Gasteiger partial charge in [0, 0.05) is 18.7 Å². The molecule has 0 aromatic heterocycles. The SMILES string of the molecule is CC(C)CC(O)CNC(=O)/C=C/C(=O)O. The Balaban J connectivity index is 3.75. The molecule has 5 heteroatoms. The zero-order valence-corrected chi connectivity index (χ0v) is 8.93. The lowest BCUT2D eigenvalue weighted by molar-refractivity contribution is -0.131. The molecular weight excluding hydrogens is 198 g/mol. The smallest absolute Gasteiger partial charge is 0.328 e. The van der Waals surface area contributed by atoms with Crippen LogP contribution in [0.25, 0.3) is 0 Å². The van der Waals surface area contributed by atoms with Gasteiger partial charge < -0.3 is 15.5 Å². The van der Waals surface area contributed by atoms with Gasteiger partial charge in [0.2, 0.25) is 5.91 Å². The van der Waals surface area contributed by atoms with Crippen molar-refractivity contribution in [3.05, 3.63) is 12.2 Å². The number of aliphatic hydroxyl groups excluding tert-OH is 1. The summed E-state index contributed by atoms with van der Waals surface area (Å²) < 4.78 is 0. The van der Waals surface area contributed by atoms with E-state index in [2.05, 4.69) is 5.32 Å². The molecule has 5 nitrogen and oxygen atoms in total. The molecule has 0 bridgehead atoms. The van der Waals surface area contributed by atoms with Gasteiger partial charge in [-0.2, -0.15) is 0 Å². The second-order valence-electron chi connectivity index (χ2n) is 3.70. The van der Waals surface area contributed by atoms with E-state index in [0.29, 0.717) is 12.3 Å². The van der Waals surface area contributed by atoms with Gasteiger partial charge in [0.05, 0.1) is 6.10 Å². The highest BCUT2D eigenvalue weighted by Crippen LogP contribution is 2.02. The van der Waals surface area contributed by atoms with Crippen LogP contribution in [0.2, 0.25) is 0 Å². The van der Waals surface area contributed by atoms with Crippen molar-refractivity contribution in [1.29, 1.82) is 0 Å². The normalized spacial score (nSPS) is 13.1. The lowest BCUT2D eigenvalue weighted by Crippen LogP contribution is -2.31. The van der Waals surface area contributed by atoms with E-state index in [-0.39, 0.29) is 6.54 Å². The van der Waals surface area contributed by atoms with Gasteiger partial charge in [-0.3, -0.25) is 4.79 Å². The molecule has 0 rings (SSSR count). The van der Waals surface area contributed by atoms with Crippen molar-refractivity contribution in [1.82, 2.24) is 5.32 Å². The lowest BCUT2D eigenvalue weighted by atomic mass is 10.1. The van der Waals surface area contributed by atoms with E-state index < -0.39 is 18.0 Å². The molecule has 86 valence electrons. The van der Waals surface area contributed by atoms with Crippen molar-refractivity contribution < 1.29 is 19.8 Å². The zero-order chi connectivity index (χ0) is 11.8. The molecule has 1 amide bonds. The number of aliphatic hydroxyl groups is 1. The predicted molar refractivity (Wildman–Crippen MR) is 55.2 cm³/mol. The zero-order valence-electron chi connectivity index (χ0n) is 8.93. The molecule has 0 aromatic rings. The van der Waals surface area contributed by atoms with Crippen LogP contribution in [-0.4, -0.2) is 34.7 Å². The topological polar surface area (TPSA) is 86.6 Å². The number of hydrogen-bond donors (Lipinski definition) is 3. The number of carbonyl (C=O) groups excluding carboxylic acids is 1. The molecule has 0 aliphatic carbocycles. The third-order valence-corrected chi connectivity index (χ3v) is 1.63. The molecule has 0 saturated carbocycles. The first kappa shape index (κ1) is 13.6. The first-order chi connectivity index (χ1) is 6.91. The second kappa shape index (κ2) is 7.00. The Bertz CT molecular complexity index is 248. The summed E-state index contributed by atoms with van der Waals surface area (Å²) in [7, 11) is 0. The van der Waals surface area contributed by atoms with E-state index in [1.54, 1.807) is 0 Å². The van der Waals surface area contributed by atoms with Crippen LogP contribution < -0.4 is 5.32 Å². The minimum atomic E-state index is -1.17. The summed E-state index contributed by atoms with van der Waals surface area (Å²) in [6.45, 7) is 4.08. The average Bonchev–Trinajstić information content (AvgIpc) is 2.10. The van der Waals surface area contributed by atoms with E-state index in [1.165, 1.54) is 0 Å². The Hall–Kier alpha value is -1.36. The van der Waals surface area contributed by atoms with Gasteiger partial charge in [-0.1, -0.05) is 13.8 Å². The largest absolute Gasteiger partial charge is 0.478 e. The number of amides is 1. The number of carboxylic acid groups (broad SMARTS) is 1. The first-order valence-corrected chi connectivity index (χ1v) is 4.78. The molecule has 15 heavy (non-hydrogen) atoms. The molecule has 0 aliphatic rings. The Morgan fingerprint density at radius 1 is 1.33 bits per heavy atom. The van der Waals surface area contributed by atoms with E-state index in [0.717, 1.165) is 12.2 Å². The Labute approximate surface area is 88.8 Å². The molecular formula is C10H17NO4. The second-order valence-corrected chi connectivity index (χ2v) is 3.70. The number of nitrogens with one attached hydrogen (secondary N) is 1. The van der Waals surface area contributed by atoms with E-state index in [9.17, 15) is 14.7 Å². The molecule has 0 spiro atoms. The minimum absolute atomic E-state index is 0.140. The molecule has 1 unspecified atom stereocenters. The van der Waals surface area contributed by atoms with Gasteiger partial charge in [0.1, 0.15) is 0 Å². The van der Waals surface area contributed by atoms with Gasteiger partial charge in [-0.25, -0.2) is 4.79 Å². The van der Waals surface area contributed by atoms with Crippen molar-refractivity contribution >= 4 is 11.9 Å². The first-order valence-electron chi connectivity index (χ1n) is 4.78. The quantitative estimate of drug-likeness (QED) is 0.550. The fourth-order valence-corrected chi connectivity index (χ4v) is 1.05. The Morgan fingerprint density at radius 3 is 2.40 bits per heavy atom. The van der Waals surface area contributed by atoms with Crippen LogP contribution in [0.4, 0.5) is 0 Å². The van der Waals surface area contributed by atoms with E-state index in [1.807, 2.05) is 13.8 Å². The van der Waals surface area contributed by atoms with Gasteiger partial charge in [-0.15, -0.1) is 0 Å². The highest BCUT2D eigenvalue weighted by molar-refractivity contribution is 5.93. The summed E-state index contributed by atoms with van der Waals surface area (Å²) in [5.74, 6) is -1.33. The molecule has 0 radical (unpaired) electrons. The predicted octanol–water partition coefficient (Wildman–Crippen LogP) is 0.150. The molecule has 1 atom stereocenters. The Kier molecular flexibility index (Phi) is 6.37. The van der Waals surface area contributed by atoms with Gasteiger partial charge in [-0.05, 0) is 12.3 Å². The summed E-state index contributed by atoms with van der Waals surface area (Å²) in [4.78, 5) is 21.0. The van der Waals surface area contributed by atoms with Gasteiger partial charge in [0.15, 0.2) is 0 Å². The number of carbonyl (C=O) groups is 2. The molecule has 0 saturated heterocycles. The molecule has 0 aliphatic heterocycles. The molecule has 0 aromatic carbocycles. The lowest BCUT2D eigenvalue weighted by Gasteiger charge is -2.12. The highest BCUT2D eigenvalue weighted by Gasteiger charge is 2.07. The average molecular weight is 215 g/mol. The maximum absolute atomic E-state index is 11.0. The fourth-order valence-electron chi connectivity index (χ4n) is 1.05. The van der Waals surface area contributed by atoms with Crippen LogP contribution in [0.15, 0.2) is 12.2 Å².